The number of nitrogens with zero attached hydrogens (tertiary/aromatic N) is 3. The number of benzene rings is 1. The number of aromatic amines is 1. The number of carbonyl (C=O) groups excluding carboxylic acids is 1. The molecule has 1 aromatic carbocycles. The maximum absolute atomic E-state index is 12.4. The van der Waals surface area contributed by atoms with Crippen LogP contribution in [-0.4, -0.2) is 25.7 Å². The van der Waals surface area contributed by atoms with Gasteiger partial charge in [0.2, 0.25) is 5.91 Å². The van der Waals surface area contributed by atoms with Crippen molar-refractivity contribution >= 4 is 34.5 Å². The fraction of sp³-hybridized carbons (Fsp3) is 0.656. The monoisotopic (exact) mass is 570 g/mol. The van der Waals surface area contributed by atoms with Crippen LogP contribution >= 0.6 is 11.6 Å². The molecule has 0 radical (unpaired) electrons. The Morgan fingerprint density at radius 1 is 0.900 bits per heavy atom. The number of anilines is 2. The molecule has 222 valence electrons. The quantitative estimate of drug-likeness (QED) is 0.105. The minimum Gasteiger partial charge on any atom is -0.398 e. The van der Waals surface area contributed by atoms with Gasteiger partial charge in [-0.25, -0.2) is 0 Å². The SMILES string of the molecule is CCCCCCCCCCCCCCCCCC(=O)Nc1ccc(-c2nn3nc(C(C)(C)C)c(Cl)c3[nH]2)c(N)c1. The van der Waals surface area contributed by atoms with Gasteiger partial charge in [-0.1, -0.05) is 129 Å². The van der Waals surface area contributed by atoms with Gasteiger partial charge in [0.15, 0.2) is 11.5 Å². The summed E-state index contributed by atoms with van der Waals surface area (Å²) in [5.74, 6) is 0.609. The molecule has 0 spiro atoms. The van der Waals surface area contributed by atoms with E-state index in [9.17, 15) is 4.79 Å². The number of amides is 1. The number of nitrogens with one attached hydrogen (secondary N) is 2. The fourth-order valence-electron chi connectivity index (χ4n) is 5.13. The first kappa shape index (κ1) is 32.0. The number of nitrogens with two attached hydrogens (primary N) is 1. The molecule has 2 aromatic heterocycles. The zero-order valence-electron chi connectivity index (χ0n) is 25.3. The maximum atomic E-state index is 12.4. The average Bonchev–Trinajstić information content (AvgIpc) is 3.45. The summed E-state index contributed by atoms with van der Waals surface area (Å²) in [6, 6.07) is 5.48. The van der Waals surface area contributed by atoms with Crippen LogP contribution in [0.25, 0.3) is 17.0 Å². The molecule has 7 nitrogen and oxygen atoms in total. The predicted molar refractivity (Wildman–Crippen MR) is 169 cm³/mol. The average molecular weight is 571 g/mol. The van der Waals surface area contributed by atoms with E-state index in [-0.39, 0.29) is 11.3 Å². The number of nitrogen functional groups attached to an aromatic ring is 1. The van der Waals surface area contributed by atoms with Gasteiger partial charge in [-0.3, -0.25) is 4.79 Å². The van der Waals surface area contributed by atoms with Crippen LogP contribution in [0, 0.1) is 0 Å². The molecule has 0 aliphatic heterocycles. The van der Waals surface area contributed by atoms with Crippen molar-refractivity contribution in [3.05, 3.63) is 28.9 Å². The minimum atomic E-state index is -0.183. The van der Waals surface area contributed by atoms with Crippen molar-refractivity contribution in [1.29, 1.82) is 0 Å². The van der Waals surface area contributed by atoms with E-state index in [1.165, 1.54) is 88.1 Å². The van der Waals surface area contributed by atoms with Gasteiger partial charge in [-0.05, 0) is 24.6 Å². The number of H-pyrrole nitrogens is 1. The molecule has 2 heterocycles. The summed E-state index contributed by atoms with van der Waals surface area (Å²) in [6.45, 7) is 8.46. The number of hydrogen-bond acceptors (Lipinski definition) is 4. The maximum Gasteiger partial charge on any atom is 0.224 e. The smallest absolute Gasteiger partial charge is 0.224 e. The number of aromatic nitrogens is 4. The topological polar surface area (TPSA) is 101 Å². The van der Waals surface area contributed by atoms with Crippen molar-refractivity contribution in [1.82, 2.24) is 19.8 Å². The molecular formula is C32H51ClN6O. The standard InChI is InChI=1S/C32H51ClN6O/c1-5-6-7-8-9-10-11-12-13-14-15-16-17-18-19-20-27(40)35-24-21-22-25(26(34)23-24)30-36-31-28(33)29(32(2,3)4)37-39(31)38-30/h21-23H,5-20,34H2,1-4H3,(H,35,40)(H,36,38). The van der Waals surface area contributed by atoms with Crippen molar-refractivity contribution < 1.29 is 4.79 Å². The molecular weight excluding hydrogens is 520 g/mol. The van der Waals surface area contributed by atoms with E-state index >= 15 is 0 Å². The van der Waals surface area contributed by atoms with Crippen LogP contribution in [0.15, 0.2) is 18.2 Å². The molecule has 0 atom stereocenters. The van der Waals surface area contributed by atoms with Crippen LogP contribution in [0.1, 0.15) is 136 Å². The van der Waals surface area contributed by atoms with E-state index in [2.05, 4.69) is 48.2 Å². The summed E-state index contributed by atoms with van der Waals surface area (Å²) in [4.78, 5) is 15.7. The zero-order chi connectivity index (χ0) is 29.0. The fourth-order valence-corrected chi connectivity index (χ4v) is 5.58. The third kappa shape index (κ3) is 9.83. The third-order valence-electron chi connectivity index (χ3n) is 7.55. The van der Waals surface area contributed by atoms with Crippen molar-refractivity contribution in [2.45, 2.75) is 136 Å². The summed E-state index contributed by atoms with van der Waals surface area (Å²) in [5.41, 5.74) is 9.52. The Hall–Kier alpha value is -2.54. The predicted octanol–water partition coefficient (Wildman–Crippen LogP) is 9.46. The molecule has 0 aliphatic rings. The number of carbonyl (C=O) groups is 1. The molecule has 3 aromatic rings. The van der Waals surface area contributed by atoms with Gasteiger partial charge in [0, 0.05) is 28.8 Å². The lowest BCUT2D eigenvalue weighted by Crippen LogP contribution is -2.13. The molecule has 0 saturated heterocycles. The van der Waals surface area contributed by atoms with Crippen molar-refractivity contribution in [2.75, 3.05) is 11.1 Å². The lowest BCUT2D eigenvalue weighted by Gasteiger charge is -2.14. The molecule has 8 heteroatoms. The highest BCUT2D eigenvalue weighted by Crippen LogP contribution is 2.33. The number of hydrogen-bond donors (Lipinski definition) is 3. The molecule has 1 amide bonds. The van der Waals surface area contributed by atoms with Crippen LogP contribution in [-0.2, 0) is 10.2 Å². The summed E-state index contributed by atoms with van der Waals surface area (Å²) < 4.78 is 1.52. The molecule has 40 heavy (non-hydrogen) atoms. The number of halogens is 1. The number of fused-ring (bicyclic) bond motifs is 1. The first-order valence-corrected chi connectivity index (χ1v) is 15.9. The Labute approximate surface area is 246 Å². The second kappa shape index (κ2) is 16.0. The van der Waals surface area contributed by atoms with E-state index in [0.29, 0.717) is 34.3 Å². The zero-order valence-corrected chi connectivity index (χ0v) is 26.0. The van der Waals surface area contributed by atoms with Gasteiger partial charge in [0.1, 0.15) is 5.02 Å². The van der Waals surface area contributed by atoms with E-state index in [0.717, 1.165) is 24.1 Å². The first-order valence-electron chi connectivity index (χ1n) is 15.6. The highest BCUT2D eigenvalue weighted by molar-refractivity contribution is 6.34. The summed E-state index contributed by atoms with van der Waals surface area (Å²) in [5, 5.41) is 12.6. The Balaban J connectivity index is 1.30. The lowest BCUT2D eigenvalue weighted by atomic mass is 9.92. The van der Waals surface area contributed by atoms with Gasteiger partial charge < -0.3 is 16.0 Å². The Morgan fingerprint density at radius 2 is 1.45 bits per heavy atom. The van der Waals surface area contributed by atoms with Crippen molar-refractivity contribution in [3.63, 3.8) is 0 Å². The molecule has 0 aliphatic carbocycles. The van der Waals surface area contributed by atoms with E-state index in [1.54, 1.807) is 6.07 Å². The van der Waals surface area contributed by atoms with Crippen LogP contribution in [0.4, 0.5) is 11.4 Å². The van der Waals surface area contributed by atoms with Gasteiger partial charge in [-0.15, -0.1) is 9.73 Å². The second-order valence-corrected chi connectivity index (χ2v) is 12.7. The molecule has 0 unspecified atom stereocenters. The molecule has 0 saturated carbocycles. The van der Waals surface area contributed by atoms with E-state index < -0.39 is 0 Å². The summed E-state index contributed by atoms with van der Waals surface area (Å²) in [6.07, 6.45) is 20.3. The lowest BCUT2D eigenvalue weighted by molar-refractivity contribution is -0.116. The molecule has 3 rings (SSSR count). The first-order chi connectivity index (χ1) is 19.2. The van der Waals surface area contributed by atoms with Gasteiger partial charge in [0.25, 0.3) is 0 Å². The molecule has 4 N–H and O–H groups in total. The van der Waals surface area contributed by atoms with Gasteiger partial charge in [-0.2, -0.15) is 5.10 Å². The third-order valence-corrected chi connectivity index (χ3v) is 7.91. The molecule has 0 fully saturated rings. The van der Waals surface area contributed by atoms with Crippen LogP contribution in [0.3, 0.4) is 0 Å². The molecule has 0 bridgehead atoms. The van der Waals surface area contributed by atoms with Crippen LogP contribution in [0.5, 0.6) is 0 Å². The normalized spacial score (nSPS) is 11.9. The van der Waals surface area contributed by atoms with Crippen LogP contribution in [0.2, 0.25) is 5.02 Å². The van der Waals surface area contributed by atoms with E-state index in [1.807, 2.05) is 12.1 Å². The van der Waals surface area contributed by atoms with Crippen LogP contribution < -0.4 is 11.1 Å². The van der Waals surface area contributed by atoms with Crippen molar-refractivity contribution in [2.24, 2.45) is 0 Å². The van der Waals surface area contributed by atoms with Crippen molar-refractivity contribution in [3.8, 4) is 11.4 Å². The number of rotatable bonds is 18. The Morgan fingerprint density at radius 3 is 1.95 bits per heavy atom. The highest BCUT2D eigenvalue weighted by Gasteiger charge is 2.25. The summed E-state index contributed by atoms with van der Waals surface area (Å²) in [7, 11) is 0. The summed E-state index contributed by atoms with van der Waals surface area (Å²) >= 11 is 6.55. The Bertz CT molecular complexity index is 1190. The Kier molecular flexibility index (Phi) is 12.8. The largest absolute Gasteiger partial charge is 0.398 e. The van der Waals surface area contributed by atoms with E-state index in [4.69, 9.17) is 17.3 Å². The second-order valence-electron chi connectivity index (χ2n) is 12.3. The highest BCUT2D eigenvalue weighted by atomic mass is 35.5. The van der Waals surface area contributed by atoms with Gasteiger partial charge >= 0.3 is 0 Å². The number of unbranched alkanes of at least 4 members (excludes halogenated alkanes) is 14. The minimum absolute atomic E-state index is 0.0276. The van der Waals surface area contributed by atoms with Gasteiger partial charge in [0.05, 0.1) is 5.69 Å².